The van der Waals surface area contributed by atoms with Gasteiger partial charge in [-0.25, -0.2) is 12.7 Å². The van der Waals surface area contributed by atoms with Gasteiger partial charge in [0.2, 0.25) is 15.9 Å². The maximum atomic E-state index is 12.8. The van der Waals surface area contributed by atoms with Gasteiger partial charge in [0.1, 0.15) is 0 Å². The zero-order chi connectivity index (χ0) is 19.4. The van der Waals surface area contributed by atoms with Crippen molar-refractivity contribution in [3.05, 3.63) is 35.4 Å². The van der Waals surface area contributed by atoms with Gasteiger partial charge in [-0.05, 0) is 32.3 Å². The maximum absolute atomic E-state index is 12.8. The van der Waals surface area contributed by atoms with E-state index in [-0.39, 0.29) is 17.6 Å². The lowest BCUT2D eigenvalue weighted by Crippen LogP contribution is -2.51. The molecule has 2 saturated heterocycles. The van der Waals surface area contributed by atoms with E-state index in [9.17, 15) is 13.2 Å². The van der Waals surface area contributed by atoms with E-state index in [4.69, 9.17) is 0 Å². The van der Waals surface area contributed by atoms with Crippen molar-refractivity contribution in [1.82, 2.24) is 14.1 Å². The molecule has 2 heterocycles. The van der Waals surface area contributed by atoms with E-state index in [2.05, 4.69) is 36.1 Å². The highest BCUT2D eigenvalue weighted by molar-refractivity contribution is 7.89. The minimum atomic E-state index is -3.13. The Balaban J connectivity index is 1.46. The van der Waals surface area contributed by atoms with Gasteiger partial charge in [-0.2, -0.15) is 0 Å². The number of carbonyl (C=O) groups is 1. The molecule has 150 valence electrons. The Labute approximate surface area is 163 Å². The average molecular weight is 394 g/mol. The van der Waals surface area contributed by atoms with Crippen molar-refractivity contribution < 1.29 is 13.2 Å². The monoisotopic (exact) mass is 393 g/mol. The van der Waals surface area contributed by atoms with Gasteiger partial charge in [0, 0.05) is 51.7 Å². The molecule has 0 bridgehead atoms. The number of sulfonamides is 1. The number of hydrogen-bond donors (Lipinski definition) is 0. The number of piperazine rings is 1. The quantitative estimate of drug-likeness (QED) is 0.764. The lowest BCUT2D eigenvalue weighted by molar-refractivity contribution is -0.138. The van der Waals surface area contributed by atoms with Crippen molar-refractivity contribution >= 4 is 15.9 Å². The molecule has 0 spiro atoms. The number of benzene rings is 1. The highest BCUT2D eigenvalue weighted by atomic mass is 32.2. The van der Waals surface area contributed by atoms with Gasteiger partial charge >= 0.3 is 0 Å². The first-order chi connectivity index (χ1) is 12.9. The van der Waals surface area contributed by atoms with Crippen molar-refractivity contribution in [3.8, 4) is 0 Å². The number of rotatable bonds is 5. The van der Waals surface area contributed by atoms with Gasteiger partial charge in [0.25, 0.3) is 0 Å². The lowest BCUT2D eigenvalue weighted by atomic mass is 9.96. The van der Waals surface area contributed by atoms with Gasteiger partial charge in [-0.15, -0.1) is 0 Å². The van der Waals surface area contributed by atoms with E-state index in [0.717, 1.165) is 32.7 Å². The molecule has 0 saturated carbocycles. The fraction of sp³-hybridized carbons (Fsp3) is 0.650. The molecule has 1 amide bonds. The van der Waals surface area contributed by atoms with Crippen LogP contribution in [0.1, 0.15) is 30.9 Å². The number of aryl methyl sites for hydroxylation is 1. The standard InChI is InChI=1S/C20H31N3O3S/c1-3-27(25,26)23-9-7-19(8-10-23)20(24)22-13-11-21(12-14-22)16-18-6-4-5-17(2)15-18/h4-6,15,19H,3,7-14,16H2,1-2H3. The van der Waals surface area contributed by atoms with E-state index in [0.29, 0.717) is 25.9 Å². The van der Waals surface area contributed by atoms with Crippen LogP contribution >= 0.6 is 0 Å². The molecule has 2 aliphatic rings. The van der Waals surface area contributed by atoms with Crippen LogP contribution < -0.4 is 0 Å². The fourth-order valence-electron chi connectivity index (χ4n) is 4.02. The molecule has 1 aromatic carbocycles. The second kappa shape index (κ2) is 8.71. The highest BCUT2D eigenvalue weighted by Gasteiger charge is 2.33. The van der Waals surface area contributed by atoms with Crippen LogP contribution in [0.4, 0.5) is 0 Å². The first kappa shape index (κ1) is 20.3. The van der Waals surface area contributed by atoms with Crippen molar-refractivity contribution in [1.29, 1.82) is 0 Å². The Morgan fingerprint density at radius 1 is 1.07 bits per heavy atom. The number of nitrogens with zero attached hydrogens (tertiary/aromatic N) is 3. The topological polar surface area (TPSA) is 60.9 Å². The minimum absolute atomic E-state index is 0.0309. The number of carbonyl (C=O) groups excluding carboxylic acids is 1. The predicted octanol–water partition coefficient (Wildman–Crippen LogP) is 1.70. The van der Waals surface area contributed by atoms with Crippen molar-refractivity contribution in [2.24, 2.45) is 5.92 Å². The van der Waals surface area contributed by atoms with Crippen LogP contribution in [0, 0.1) is 12.8 Å². The Morgan fingerprint density at radius 2 is 1.74 bits per heavy atom. The van der Waals surface area contributed by atoms with Crippen LogP contribution in [0.5, 0.6) is 0 Å². The molecule has 3 rings (SSSR count). The number of amides is 1. The Kier molecular flexibility index (Phi) is 6.55. The first-order valence-corrected chi connectivity index (χ1v) is 11.5. The van der Waals surface area contributed by atoms with Crippen LogP contribution in [0.2, 0.25) is 0 Å². The average Bonchev–Trinajstić information content (AvgIpc) is 2.68. The third-order valence-electron chi connectivity index (χ3n) is 5.73. The summed E-state index contributed by atoms with van der Waals surface area (Å²) < 4.78 is 25.5. The summed E-state index contributed by atoms with van der Waals surface area (Å²) in [5.41, 5.74) is 2.59. The van der Waals surface area contributed by atoms with Gasteiger partial charge in [-0.3, -0.25) is 9.69 Å². The van der Waals surface area contributed by atoms with Crippen LogP contribution in [0.25, 0.3) is 0 Å². The van der Waals surface area contributed by atoms with Crippen LogP contribution in [-0.4, -0.2) is 73.5 Å². The largest absolute Gasteiger partial charge is 0.340 e. The molecule has 0 unspecified atom stereocenters. The summed E-state index contributed by atoms with van der Waals surface area (Å²) in [5.74, 6) is 0.310. The second-order valence-electron chi connectivity index (χ2n) is 7.66. The van der Waals surface area contributed by atoms with Crippen LogP contribution in [0.3, 0.4) is 0 Å². The predicted molar refractivity (Wildman–Crippen MR) is 107 cm³/mol. The smallest absolute Gasteiger partial charge is 0.225 e. The fourth-order valence-corrected chi connectivity index (χ4v) is 5.15. The van der Waals surface area contributed by atoms with Crippen molar-refractivity contribution in [2.75, 3.05) is 45.0 Å². The summed E-state index contributed by atoms with van der Waals surface area (Å²) >= 11 is 0. The van der Waals surface area contributed by atoms with E-state index in [1.54, 1.807) is 6.92 Å². The normalized spacial score (nSPS) is 20.7. The molecular weight excluding hydrogens is 362 g/mol. The van der Waals surface area contributed by atoms with E-state index in [1.807, 2.05) is 4.90 Å². The molecule has 0 radical (unpaired) electrons. The zero-order valence-corrected chi connectivity index (χ0v) is 17.2. The number of hydrogen-bond acceptors (Lipinski definition) is 4. The molecule has 0 N–H and O–H groups in total. The molecule has 2 aliphatic heterocycles. The highest BCUT2D eigenvalue weighted by Crippen LogP contribution is 2.23. The Hall–Kier alpha value is -1.44. The summed E-state index contributed by atoms with van der Waals surface area (Å²) in [6.45, 7) is 8.96. The Morgan fingerprint density at radius 3 is 2.33 bits per heavy atom. The maximum Gasteiger partial charge on any atom is 0.225 e. The molecule has 2 fully saturated rings. The van der Waals surface area contributed by atoms with Crippen LogP contribution in [0.15, 0.2) is 24.3 Å². The molecule has 1 aromatic rings. The third-order valence-corrected chi connectivity index (χ3v) is 7.62. The molecule has 7 heteroatoms. The summed E-state index contributed by atoms with van der Waals surface area (Å²) in [7, 11) is -3.13. The van der Waals surface area contributed by atoms with Crippen molar-refractivity contribution in [2.45, 2.75) is 33.2 Å². The Bertz CT molecular complexity index is 749. The third kappa shape index (κ3) is 5.09. The molecule has 0 atom stereocenters. The first-order valence-electron chi connectivity index (χ1n) is 9.93. The van der Waals surface area contributed by atoms with Gasteiger partial charge in [0.15, 0.2) is 0 Å². The van der Waals surface area contributed by atoms with E-state index < -0.39 is 10.0 Å². The molecule has 0 aromatic heterocycles. The second-order valence-corrected chi connectivity index (χ2v) is 9.92. The summed E-state index contributed by atoms with van der Waals surface area (Å²) in [6.07, 6.45) is 1.28. The summed E-state index contributed by atoms with van der Waals surface area (Å²) in [6, 6.07) is 8.57. The van der Waals surface area contributed by atoms with E-state index >= 15 is 0 Å². The molecule has 27 heavy (non-hydrogen) atoms. The van der Waals surface area contributed by atoms with Gasteiger partial charge < -0.3 is 4.90 Å². The van der Waals surface area contributed by atoms with E-state index in [1.165, 1.54) is 15.4 Å². The molecule has 6 nitrogen and oxygen atoms in total. The molecule has 0 aliphatic carbocycles. The van der Waals surface area contributed by atoms with Gasteiger partial charge in [0.05, 0.1) is 5.75 Å². The van der Waals surface area contributed by atoms with Crippen molar-refractivity contribution in [3.63, 3.8) is 0 Å². The molecular formula is C20H31N3O3S. The lowest BCUT2D eigenvalue weighted by Gasteiger charge is -2.38. The summed E-state index contributed by atoms with van der Waals surface area (Å²) in [5, 5.41) is 0. The van der Waals surface area contributed by atoms with Crippen LogP contribution in [-0.2, 0) is 21.4 Å². The zero-order valence-electron chi connectivity index (χ0n) is 16.4. The van der Waals surface area contributed by atoms with Gasteiger partial charge in [-0.1, -0.05) is 29.8 Å². The number of piperidine rings is 1. The summed E-state index contributed by atoms with van der Waals surface area (Å²) in [4.78, 5) is 17.2. The minimum Gasteiger partial charge on any atom is -0.340 e. The SMILES string of the molecule is CCS(=O)(=O)N1CCC(C(=O)N2CCN(Cc3cccc(C)c3)CC2)CC1.